The van der Waals surface area contributed by atoms with E-state index >= 15 is 0 Å². The fourth-order valence-corrected chi connectivity index (χ4v) is 3.17. The molecule has 1 unspecified atom stereocenters. The van der Waals surface area contributed by atoms with E-state index < -0.39 is 0 Å². The first-order valence-electron chi connectivity index (χ1n) is 6.90. The minimum Gasteiger partial charge on any atom is -0.465 e. The van der Waals surface area contributed by atoms with Crippen LogP contribution in [-0.2, 0) is 11.2 Å². The number of nitrogens with one attached hydrogen (secondary N) is 1. The van der Waals surface area contributed by atoms with Gasteiger partial charge in [-0.2, -0.15) is 0 Å². The number of methoxy groups -OCH3 is 1. The molecule has 0 heterocycles. The van der Waals surface area contributed by atoms with Crippen molar-refractivity contribution < 1.29 is 9.53 Å². The van der Waals surface area contributed by atoms with Crippen LogP contribution in [0.4, 0.5) is 5.69 Å². The zero-order valence-corrected chi connectivity index (χ0v) is 13.3. The van der Waals surface area contributed by atoms with E-state index in [1.54, 1.807) is 12.1 Å². The number of anilines is 1. The SMILES string of the molecule is COC(=O)c1ccc(NC2CCc3cc(Br)ccc32)cc1. The Hall–Kier alpha value is -1.81. The second-order valence-corrected chi connectivity index (χ2v) is 6.06. The average Bonchev–Trinajstić information content (AvgIpc) is 2.89. The maximum atomic E-state index is 11.4. The third-order valence-electron chi connectivity index (χ3n) is 3.83. The number of benzene rings is 2. The monoisotopic (exact) mass is 345 g/mol. The van der Waals surface area contributed by atoms with Crippen LogP contribution in [0.5, 0.6) is 0 Å². The van der Waals surface area contributed by atoms with Crippen LogP contribution >= 0.6 is 15.9 Å². The molecule has 0 aromatic heterocycles. The molecule has 3 rings (SSSR count). The lowest BCUT2D eigenvalue weighted by Gasteiger charge is -2.16. The Labute approximate surface area is 132 Å². The highest BCUT2D eigenvalue weighted by Gasteiger charge is 2.22. The number of hydrogen-bond donors (Lipinski definition) is 1. The van der Waals surface area contributed by atoms with E-state index in [-0.39, 0.29) is 5.97 Å². The number of rotatable bonds is 3. The number of esters is 1. The zero-order chi connectivity index (χ0) is 14.8. The minimum absolute atomic E-state index is 0.308. The molecule has 2 aromatic carbocycles. The molecule has 0 fully saturated rings. The van der Waals surface area contributed by atoms with Gasteiger partial charge in [0, 0.05) is 10.2 Å². The summed E-state index contributed by atoms with van der Waals surface area (Å²) in [6.07, 6.45) is 2.18. The fourth-order valence-electron chi connectivity index (χ4n) is 2.76. The van der Waals surface area contributed by atoms with Gasteiger partial charge in [-0.05, 0) is 60.4 Å². The number of halogens is 1. The summed E-state index contributed by atoms with van der Waals surface area (Å²) in [5.74, 6) is -0.308. The Balaban J connectivity index is 1.75. The predicted octanol–water partition coefficient (Wildman–Crippen LogP) is 4.34. The molecule has 3 nitrogen and oxygen atoms in total. The lowest BCUT2D eigenvalue weighted by atomic mass is 10.1. The molecule has 0 saturated carbocycles. The molecule has 2 aromatic rings. The summed E-state index contributed by atoms with van der Waals surface area (Å²) < 4.78 is 5.83. The quantitative estimate of drug-likeness (QED) is 0.841. The van der Waals surface area contributed by atoms with Crippen molar-refractivity contribution in [2.45, 2.75) is 18.9 Å². The van der Waals surface area contributed by atoms with Gasteiger partial charge in [0.05, 0.1) is 18.7 Å². The van der Waals surface area contributed by atoms with Crippen molar-refractivity contribution in [1.29, 1.82) is 0 Å². The summed E-state index contributed by atoms with van der Waals surface area (Å²) >= 11 is 3.52. The fraction of sp³-hybridized carbons (Fsp3) is 0.235. The standard InChI is InChI=1S/C17H16BrNO2/c1-21-17(20)11-2-6-14(7-3-11)19-16-9-4-12-10-13(18)5-8-15(12)16/h2-3,5-8,10,16,19H,4,9H2,1H3. The highest BCUT2D eigenvalue weighted by atomic mass is 79.9. The second-order valence-electron chi connectivity index (χ2n) is 5.15. The molecule has 108 valence electrons. The average molecular weight is 346 g/mol. The Bertz CT molecular complexity index is 667. The molecule has 0 saturated heterocycles. The molecule has 0 radical (unpaired) electrons. The van der Waals surface area contributed by atoms with Gasteiger partial charge in [0.1, 0.15) is 0 Å². The number of carbonyl (C=O) groups is 1. The number of aryl methyl sites for hydroxylation is 1. The summed E-state index contributed by atoms with van der Waals surface area (Å²) in [4.78, 5) is 11.4. The van der Waals surface area contributed by atoms with Crippen molar-refractivity contribution in [3.63, 3.8) is 0 Å². The third kappa shape index (κ3) is 2.95. The maximum absolute atomic E-state index is 11.4. The molecular weight excluding hydrogens is 330 g/mol. The van der Waals surface area contributed by atoms with Crippen LogP contribution in [0.2, 0.25) is 0 Å². The van der Waals surface area contributed by atoms with Crippen LogP contribution in [0.3, 0.4) is 0 Å². The first kappa shape index (κ1) is 14.1. The van der Waals surface area contributed by atoms with Crippen molar-refractivity contribution >= 4 is 27.6 Å². The summed E-state index contributed by atoms with van der Waals surface area (Å²) in [5, 5.41) is 3.53. The minimum atomic E-state index is -0.308. The van der Waals surface area contributed by atoms with Gasteiger partial charge in [-0.25, -0.2) is 4.79 Å². The van der Waals surface area contributed by atoms with Crippen molar-refractivity contribution in [3.05, 3.63) is 63.6 Å². The van der Waals surface area contributed by atoms with E-state index in [1.807, 2.05) is 12.1 Å². The number of fused-ring (bicyclic) bond motifs is 1. The summed E-state index contributed by atoms with van der Waals surface area (Å²) in [5.41, 5.74) is 4.34. The zero-order valence-electron chi connectivity index (χ0n) is 11.7. The Morgan fingerprint density at radius 3 is 2.71 bits per heavy atom. The summed E-state index contributed by atoms with van der Waals surface area (Å²) in [6.45, 7) is 0. The Kier molecular flexibility index (Phi) is 3.97. The van der Waals surface area contributed by atoms with E-state index in [4.69, 9.17) is 4.74 Å². The Morgan fingerprint density at radius 2 is 2.00 bits per heavy atom. The summed E-state index contributed by atoms with van der Waals surface area (Å²) in [7, 11) is 1.39. The highest BCUT2D eigenvalue weighted by molar-refractivity contribution is 9.10. The lowest BCUT2D eigenvalue weighted by molar-refractivity contribution is 0.0601. The van der Waals surface area contributed by atoms with Crippen LogP contribution < -0.4 is 5.32 Å². The summed E-state index contributed by atoms with van der Waals surface area (Å²) in [6, 6.07) is 14.2. The highest BCUT2D eigenvalue weighted by Crippen LogP contribution is 2.35. The topological polar surface area (TPSA) is 38.3 Å². The van der Waals surface area contributed by atoms with Gasteiger partial charge < -0.3 is 10.1 Å². The number of hydrogen-bond acceptors (Lipinski definition) is 3. The van der Waals surface area contributed by atoms with Crippen molar-refractivity contribution in [1.82, 2.24) is 0 Å². The normalized spacial score (nSPS) is 16.4. The molecule has 0 bridgehead atoms. The van der Waals surface area contributed by atoms with Gasteiger partial charge >= 0.3 is 5.97 Å². The van der Waals surface area contributed by atoms with Crippen LogP contribution in [0.25, 0.3) is 0 Å². The predicted molar refractivity (Wildman–Crippen MR) is 86.6 cm³/mol. The molecule has 0 aliphatic heterocycles. The first-order valence-corrected chi connectivity index (χ1v) is 7.70. The molecule has 1 N–H and O–H groups in total. The van der Waals surface area contributed by atoms with Crippen molar-refractivity contribution in [2.75, 3.05) is 12.4 Å². The van der Waals surface area contributed by atoms with Gasteiger partial charge in [-0.1, -0.05) is 22.0 Å². The maximum Gasteiger partial charge on any atom is 0.337 e. The van der Waals surface area contributed by atoms with Gasteiger partial charge in [0.15, 0.2) is 0 Å². The van der Waals surface area contributed by atoms with Crippen LogP contribution in [0, 0.1) is 0 Å². The van der Waals surface area contributed by atoms with Crippen molar-refractivity contribution in [2.24, 2.45) is 0 Å². The molecule has 0 amide bonds. The Morgan fingerprint density at radius 1 is 1.24 bits per heavy atom. The number of carbonyl (C=O) groups excluding carboxylic acids is 1. The van der Waals surface area contributed by atoms with E-state index in [0.29, 0.717) is 11.6 Å². The van der Waals surface area contributed by atoms with Crippen molar-refractivity contribution in [3.8, 4) is 0 Å². The molecule has 21 heavy (non-hydrogen) atoms. The van der Waals surface area contributed by atoms with E-state index in [1.165, 1.54) is 18.2 Å². The first-order chi connectivity index (χ1) is 10.2. The van der Waals surface area contributed by atoms with Crippen LogP contribution in [0.15, 0.2) is 46.9 Å². The van der Waals surface area contributed by atoms with E-state index in [9.17, 15) is 4.79 Å². The van der Waals surface area contributed by atoms with Gasteiger partial charge in [0.25, 0.3) is 0 Å². The molecular formula is C17H16BrNO2. The second kappa shape index (κ2) is 5.90. The molecule has 4 heteroatoms. The van der Waals surface area contributed by atoms with Crippen LogP contribution in [0.1, 0.15) is 33.9 Å². The van der Waals surface area contributed by atoms with Crippen LogP contribution in [-0.4, -0.2) is 13.1 Å². The van der Waals surface area contributed by atoms with Gasteiger partial charge in [0.2, 0.25) is 0 Å². The van der Waals surface area contributed by atoms with E-state index in [0.717, 1.165) is 23.0 Å². The smallest absolute Gasteiger partial charge is 0.337 e. The lowest BCUT2D eigenvalue weighted by Crippen LogP contribution is -2.07. The molecule has 1 atom stereocenters. The third-order valence-corrected chi connectivity index (χ3v) is 4.32. The molecule has 1 aliphatic rings. The van der Waals surface area contributed by atoms with E-state index in [2.05, 4.69) is 39.4 Å². The molecule has 1 aliphatic carbocycles. The van der Waals surface area contributed by atoms with Gasteiger partial charge in [-0.3, -0.25) is 0 Å². The number of ether oxygens (including phenoxy) is 1. The van der Waals surface area contributed by atoms with Gasteiger partial charge in [-0.15, -0.1) is 0 Å². The largest absolute Gasteiger partial charge is 0.465 e. The molecule has 0 spiro atoms.